The van der Waals surface area contributed by atoms with Gasteiger partial charge < -0.3 is 14.8 Å². The molecule has 1 saturated heterocycles. The van der Waals surface area contributed by atoms with Gasteiger partial charge in [0.1, 0.15) is 18.1 Å². The molecule has 0 saturated carbocycles. The Kier molecular flexibility index (Phi) is 9.79. The summed E-state index contributed by atoms with van der Waals surface area (Å²) in [6.45, 7) is 6.12. The third kappa shape index (κ3) is 7.38. The van der Waals surface area contributed by atoms with Crippen LogP contribution in [0.3, 0.4) is 0 Å². The first kappa shape index (κ1) is 29.5. The van der Waals surface area contributed by atoms with Gasteiger partial charge in [0.15, 0.2) is 6.61 Å². The minimum absolute atomic E-state index is 0.106. The molecule has 1 aliphatic heterocycles. The number of nitrogens with zero attached hydrogens (tertiary/aromatic N) is 1. The van der Waals surface area contributed by atoms with Gasteiger partial charge in [0, 0.05) is 10.6 Å². The Hall–Kier alpha value is -3.46. The first-order valence-corrected chi connectivity index (χ1v) is 14.1. The minimum Gasteiger partial charge on any atom is -0.491 e. The number of para-hydroxylation sites is 1. The summed E-state index contributed by atoms with van der Waals surface area (Å²) in [6.07, 6.45) is 1.54. The molecule has 0 radical (unpaired) electrons. The van der Waals surface area contributed by atoms with Crippen LogP contribution in [-0.4, -0.2) is 41.7 Å². The molecule has 0 unspecified atom stereocenters. The second kappa shape index (κ2) is 13.3. The molecule has 1 aliphatic rings. The molecular formula is C30H28Cl2N2O5S. The van der Waals surface area contributed by atoms with Gasteiger partial charge in [0.2, 0.25) is 0 Å². The van der Waals surface area contributed by atoms with Crippen molar-refractivity contribution in [1.29, 1.82) is 0 Å². The van der Waals surface area contributed by atoms with Gasteiger partial charge in [0.25, 0.3) is 17.1 Å². The Morgan fingerprint density at radius 1 is 1.02 bits per heavy atom. The van der Waals surface area contributed by atoms with Crippen LogP contribution in [0.5, 0.6) is 11.5 Å². The highest BCUT2D eigenvalue weighted by Crippen LogP contribution is 2.35. The number of thioether (sulfide) groups is 1. The molecule has 1 N–H and O–H groups in total. The summed E-state index contributed by atoms with van der Waals surface area (Å²) < 4.78 is 11.7. The molecule has 0 atom stereocenters. The molecule has 0 spiro atoms. The van der Waals surface area contributed by atoms with Gasteiger partial charge in [-0.2, -0.15) is 0 Å². The summed E-state index contributed by atoms with van der Waals surface area (Å²) >= 11 is 13.1. The van der Waals surface area contributed by atoms with Gasteiger partial charge >= 0.3 is 0 Å². The quantitative estimate of drug-likeness (QED) is 0.242. The van der Waals surface area contributed by atoms with Gasteiger partial charge in [0.05, 0.1) is 22.2 Å². The van der Waals surface area contributed by atoms with E-state index in [1.807, 2.05) is 25.1 Å². The average molecular weight is 600 g/mol. The van der Waals surface area contributed by atoms with Crippen molar-refractivity contribution >= 4 is 63.8 Å². The van der Waals surface area contributed by atoms with Gasteiger partial charge in [-0.05, 0) is 78.2 Å². The molecule has 10 heteroatoms. The highest BCUT2D eigenvalue weighted by Gasteiger charge is 2.35. The summed E-state index contributed by atoms with van der Waals surface area (Å²) in [5, 5.41) is 3.11. The molecule has 3 aromatic rings. The first-order valence-electron chi connectivity index (χ1n) is 12.6. The zero-order valence-corrected chi connectivity index (χ0v) is 24.5. The molecule has 0 aliphatic carbocycles. The summed E-state index contributed by atoms with van der Waals surface area (Å²) in [7, 11) is 0. The van der Waals surface area contributed by atoms with Crippen LogP contribution in [0.1, 0.15) is 36.5 Å². The first-order chi connectivity index (χ1) is 19.1. The predicted molar refractivity (Wildman–Crippen MR) is 160 cm³/mol. The number of halogens is 2. The molecular weight excluding hydrogens is 571 g/mol. The van der Waals surface area contributed by atoms with E-state index < -0.39 is 17.1 Å². The number of nitrogens with one attached hydrogen (secondary N) is 1. The Morgan fingerprint density at radius 2 is 1.80 bits per heavy atom. The van der Waals surface area contributed by atoms with Crippen LogP contribution in [0.2, 0.25) is 10.0 Å². The minimum atomic E-state index is -0.436. The van der Waals surface area contributed by atoms with E-state index >= 15 is 0 Å². The Labute approximate surface area is 247 Å². The number of anilines is 1. The van der Waals surface area contributed by atoms with Crippen LogP contribution in [0.25, 0.3) is 6.08 Å². The lowest BCUT2D eigenvalue weighted by Gasteiger charge is -2.17. The lowest BCUT2D eigenvalue weighted by atomic mass is 10.0. The van der Waals surface area contributed by atoms with Crippen LogP contribution < -0.4 is 14.8 Å². The van der Waals surface area contributed by atoms with Crippen LogP contribution in [0, 0.1) is 6.92 Å². The van der Waals surface area contributed by atoms with Crippen molar-refractivity contribution in [3.8, 4) is 11.5 Å². The summed E-state index contributed by atoms with van der Waals surface area (Å²) in [6, 6.07) is 17.7. The van der Waals surface area contributed by atoms with Crippen molar-refractivity contribution in [3.63, 3.8) is 0 Å². The van der Waals surface area contributed by atoms with Gasteiger partial charge in [-0.3, -0.25) is 19.3 Å². The molecule has 1 heterocycles. The fourth-order valence-electron chi connectivity index (χ4n) is 3.98. The number of hydrogen-bond acceptors (Lipinski definition) is 6. The third-order valence-corrected chi connectivity index (χ3v) is 7.47. The van der Waals surface area contributed by atoms with E-state index in [0.717, 1.165) is 33.5 Å². The van der Waals surface area contributed by atoms with Crippen molar-refractivity contribution in [2.75, 3.05) is 25.1 Å². The number of ether oxygens (including phenoxy) is 2. The van der Waals surface area contributed by atoms with Crippen LogP contribution in [-0.2, 0) is 9.59 Å². The average Bonchev–Trinajstić information content (AvgIpc) is 3.16. The van der Waals surface area contributed by atoms with Gasteiger partial charge in [-0.25, -0.2) is 0 Å². The van der Waals surface area contributed by atoms with Gasteiger partial charge in [-0.1, -0.05) is 61.3 Å². The van der Waals surface area contributed by atoms with E-state index in [2.05, 4.69) is 19.2 Å². The number of rotatable bonds is 10. The molecule has 7 nitrogen and oxygen atoms in total. The van der Waals surface area contributed by atoms with E-state index in [4.69, 9.17) is 32.7 Å². The number of carbonyl (C=O) groups is 3. The summed E-state index contributed by atoms with van der Waals surface area (Å²) in [5.41, 5.74) is 3.05. The van der Waals surface area contributed by atoms with E-state index in [-0.39, 0.29) is 30.6 Å². The van der Waals surface area contributed by atoms with Crippen molar-refractivity contribution in [2.24, 2.45) is 0 Å². The topological polar surface area (TPSA) is 84.9 Å². The summed E-state index contributed by atoms with van der Waals surface area (Å²) in [5.74, 6) is 0.497. The highest BCUT2D eigenvalue weighted by molar-refractivity contribution is 8.18. The highest BCUT2D eigenvalue weighted by atomic mass is 35.5. The number of benzene rings is 3. The van der Waals surface area contributed by atoms with E-state index in [1.54, 1.807) is 42.5 Å². The third-order valence-electron chi connectivity index (χ3n) is 6.00. The van der Waals surface area contributed by atoms with Crippen molar-refractivity contribution in [2.45, 2.75) is 26.7 Å². The maximum absolute atomic E-state index is 13.1. The van der Waals surface area contributed by atoms with E-state index in [1.165, 1.54) is 6.08 Å². The Morgan fingerprint density at radius 3 is 2.55 bits per heavy atom. The van der Waals surface area contributed by atoms with Crippen molar-refractivity contribution in [1.82, 2.24) is 4.90 Å². The van der Waals surface area contributed by atoms with Gasteiger partial charge in [-0.15, -0.1) is 0 Å². The smallest absolute Gasteiger partial charge is 0.293 e. The molecule has 3 amide bonds. The van der Waals surface area contributed by atoms with Crippen molar-refractivity contribution in [3.05, 3.63) is 92.3 Å². The van der Waals surface area contributed by atoms with Crippen LogP contribution in [0.15, 0.2) is 65.6 Å². The predicted octanol–water partition coefficient (Wildman–Crippen LogP) is 7.56. The molecule has 40 heavy (non-hydrogen) atoms. The lowest BCUT2D eigenvalue weighted by Crippen LogP contribution is -2.32. The molecule has 0 bridgehead atoms. The fraction of sp³-hybridized carbons (Fsp3) is 0.233. The van der Waals surface area contributed by atoms with Crippen molar-refractivity contribution < 1.29 is 23.9 Å². The standard InChI is InChI=1S/C30H28Cl2N2O5S/c1-18(2)22-10-8-19(3)14-26(22)38-13-12-34-29(36)27(40-30(34)37)16-20-15-21(31)9-11-25(20)39-17-28(35)33-24-7-5-4-6-23(24)32/h4-11,14-16,18H,12-13,17H2,1-3H3,(H,33,35)/b27-16-. The molecule has 4 rings (SSSR count). The number of hydrogen-bond donors (Lipinski definition) is 1. The molecule has 3 aromatic carbocycles. The molecule has 0 aromatic heterocycles. The largest absolute Gasteiger partial charge is 0.491 e. The second-order valence-electron chi connectivity index (χ2n) is 9.38. The SMILES string of the molecule is Cc1ccc(C(C)C)c(OCCN2C(=O)S/C(=C\c3cc(Cl)ccc3OCC(=O)Nc3ccccc3Cl)C2=O)c1. The Bertz CT molecular complexity index is 1470. The van der Waals surface area contributed by atoms with E-state index in [9.17, 15) is 14.4 Å². The lowest BCUT2D eigenvalue weighted by molar-refractivity contribution is -0.123. The number of aryl methyl sites for hydroxylation is 1. The number of imide groups is 1. The number of carbonyl (C=O) groups excluding carboxylic acids is 3. The zero-order valence-electron chi connectivity index (χ0n) is 22.2. The zero-order chi connectivity index (χ0) is 28.8. The maximum atomic E-state index is 13.1. The molecule has 1 fully saturated rings. The van der Waals surface area contributed by atoms with Crippen LogP contribution >= 0.6 is 35.0 Å². The second-order valence-corrected chi connectivity index (χ2v) is 11.2. The monoisotopic (exact) mass is 598 g/mol. The molecule has 208 valence electrons. The van der Waals surface area contributed by atoms with Crippen LogP contribution in [0.4, 0.5) is 10.5 Å². The fourth-order valence-corrected chi connectivity index (χ4v) is 5.20. The Balaban J connectivity index is 1.42. The summed E-state index contributed by atoms with van der Waals surface area (Å²) in [4.78, 5) is 39.6. The maximum Gasteiger partial charge on any atom is 0.293 e. The normalized spacial score (nSPS) is 14.2. The van der Waals surface area contributed by atoms with E-state index in [0.29, 0.717) is 27.0 Å². The number of amides is 3.